The summed E-state index contributed by atoms with van der Waals surface area (Å²) in [5, 5.41) is 0.451. The third kappa shape index (κ3) is 4.07. The van der Waals surface area contributed by atoms with Crippen LogP contribution in [-0.4, -0.2) is 41.9 Å². The quantitative estimate of drug-likeness (QED) is 0.648. The first kappa shape index (κ1) is 17.6. The van der Waals surface area contributed by atoms with Gasteiger partial charge in [0.2, 0.25) is 0 Å². The molecule has 0 aliphatic carbocycles. The summed E-state index contributed by atoms with van der Waals surface area (Å²) in [6, 6.07) is 12.1. The number of piperazine rings is 1. The van der Waals surface area contributed by atoms with E-state index in [0.29, 0.717) is 24.7 Å². The van der Waals surface area contributed by atoms with E-state index < -0.39 is 0 Å². The van der Waals surface area contributed by atoms with Gasteiger partial charge in [-0.05, 0) is 52.4 Å². The minimum atomic E-state index is -0.323. The fourth-order valence-corrected chi connectivity index (χ4v) is 3.65. The molecule has 1 aliphatic heterocycles. The number of hydrogen-bond donors (Lipinski definition) is 0. The average molecular weight is 459 g/mol. The van der Waals surface area contributed by atoms with E-state index in [1.54, 1.807) is 6.07 Å². The minimum Gasteiger partial charge on any atom is -0.336 e. The maximum absolute atomic E-state index is 13.1. The van der Waals surface area contributed by atoms with Crippen LogP contribution in [0.15, 0.2) is 42.5 Å². The first-order chi connectivity index (χ1) is 11.5. The topological polar surface area (TPSA) is 23.6 Å². The van der Waals surface area contributed by atoms with Crippen LogP contribution in [0.1, 0.15) is 15.9 Å². The molecule has 1 aliphatic rings. The van der Waals surface area contributed by atoms with Gasteiger partial charge in [0, 0.05) is 41.3 Å². The summed E-state index contributed by atoms with van der Waals surface area (Å²) in [6.45, 7) is 3.60. The van der Waals surface area contributed by atoms with Crippen molar-refractivity contribution >= 4 is 40.1 Å². The largest absolute Gasteiger partial charge is 0.336 e. The Morgan fingerprint density at radius 3 is 2.50 bits per heavy atom. The van der Waals surface area contributed by atoms with E-state index in [9.17, 15) is 9.18 Å². The molecule has 0 aromatic heterocycles. The minimum absolute atomic E-state index is 0.0828. The molecular formula is C18H17ClFIN2O. The number of carbonyl (C=O) groups excluding carboxylic acids is 1. The van der Waals surface area contributed by atoms with Crippen molar-refractivity contribution in [1.82, 2.24) is 9.80 Å². The maximum Gasteiger partial charge on any atom is 0.255 e. The fraction of sp³-hybridized carbons (Fsp3) is 0.278. The van der Waals surface area contributed by atoms with Crippen LogP contribution in [0, 0.1) is 9.39 Å². The Hall–Kier alpha value is -1.18. The Bertz CT molecular complexity index is 748. The second-order valence-corrected chi connectivity index (χ2v) is 7.35. The predicted octanol–water partition coefficient (Wildman–Crippen LogP) is 4.04. The van der Waals surface area contributed by atoms with Gasteiger partial charge in [-0.15, -0.1) is 0 Å². The summed E-state index contributed by atoms with van der Waals surface area (Å²) in [4.78, 5) is 16.7. The van der Waals surface area contributed by atoms with E-state index >= 15 is 0 Å². The van der Waals surface area contributed by atoms with Crippen LogP contribution in [0.4, 0.5) is 4.39 Å². The number of hydrogen-bond acceptors (Lipinski definition) is 2. The zero-order valence-corrected chi connectivity index (χ0v) is 15.9. The number of amides is 1. The van der Waals surface area contributed by atoms with Gasteiger partial charge >= 0.3 is 0 Å². The van der Waals surface area contributed by atoms with Crippen molar-refractivity contribution in [2.45, 2.75) is 6.54 Å². The maximum atomic E-state index is 13.1. The lowest BCUT2D eigenvalue weighted by atomic mass is 10.1. The molecule has 0 bridgehead atoms. The zero-order chi connectivity index (χ0) is 17.1. The highest BCUT2D eigenvalue weighted by molar-refractivity contribution is 14.1. The Morgan fingerprint density at radius 1 is 1.12 bits per heavy atom. The van der Waals surface area contributed by atoms with Crippen LogP contribution in [0.25, 0.3) is 0 Å². The summed E-state index contributed by atoms with van der Waals surface area (Å²) in [5.41, 5.74) is 1.67. The standard InChI is InChI=1S/C18H17ClFIN2O/c19-16-11-14(20)6-5-13(16)12-22-7-9-23(10-8-22)18(24)15-3-1-2-4-17(15)21/h1-6,11H,7-10,12H2. The van der Waals surface area contributed by atoms with E-state index in [1.807, 2.05) is 29.2 Å². The second kappa shape index (κ2) is 7.80. The third-order valence-corrected chi connectivity index (χ3v) is 5.47. The van der Waals surface area contributed by atoms with Gasteiger partial charge in [-0.3, -0.25) is 9.69 Å². The van der Waals surface area contributed by atoms with Crippen LogP contribution in [0.3, 0.4) is 0 Å². The van der Waals surface area contributed by atoms with E-state index in [2.05, 4.69) is 27.5 Å². The zero-order valence-electron chi connectivity index (χ0n) is 13.0. The Balaban J connectivity index is 1.60. The fourth-order valence-electron chi connectivity index (χ4n) is 2.80. The molecule has 2 aromatic rings. The summed E-state index contributed by atoms with van der Waals surface area (Å²) in [6.07, 6.45) is 0. The van der Waals surface area contributed by atoms with Crippen LogP contribution < -0.4 is 0 Å². The van der Waals surface area contributed by atoms with Gasteiger partial charge in [-0.2, -0.15) is 0 Å². The molecule has 1 fully saturated rings. The van der Waals surface area contributed by atoms with E-state index in [4.69, 9.17) is 11.6 Å². The smallest absolute Gasteiger partial charge is 0.255 e. The van der Waals surface area contributed by atoms with Crippen molar-refractivity contribution in [2.24, 2.45) is 0 Å². The van der Waals surface area contributed by atoms with Gasteiger partial charge in [0.05, 0.1) is 5.56 Å². The Kier molecular flexibility index (Phi) is 5.73. The summed E-state index contributed by atoms with van der Waals surface area (Å²) < 4.78 is 14.1. The molecule has 0 unspecified atom stereocenters. The van der Waals surface area contributed by atoms with E-state index in [-0.39, 0.29) is 11.7 Å². The predicted molar refractivity (Wildman–Crippen MR) is 102 cm³/mol. The molecule has 6 heteroatoms. The number of carbonyl (C=O) groups is 1. The molecule has 1 heterocycles. The van der Waals surface area contributed by atoms with Crippen LogP contribution in [-0.2, 0) is 6.54 Å². The van der Waals surface area contributed by atoms with Gasteiger partial charge in [-0.1, -0.05) is 29.8 Å². The van der Waals surface area contributed by atoms with Gasteiger partial charge in [-0.25, -0.2) is 4.39 Å². The van der Waals surface area contributed by atoms with Crippen molar-refractivity contribution < 1.29 is 9.18 Å². The molecule has 0 atom stereocenters. The number of rotatable bonds is 3. The van der Waals surface area contributed by atoms with Crippen LogP contribution >= 0.6 is 34.2 Å². The summed E-state index contributed by atoms with van der Waals surface area (Å²) in [7, 11) is 0. The Labute approximate surface area is 159 Å². The molecule has 126 valence electrons. The molecule has 0 spiro atoms. The highest BCUT2D eigenvalue weighted by atomic mass is 127. The number of nitrogens with zero attached hydrogens (tertiary/aromatic N) is 2. The normalized spacial score (nSPS) is 15.5. The first-order valence-electron chi connectivity index (χ1n) is 7.74. The van der Waals surface area contributed by atoms with Crippen LogP contribution in [0.2, 0.25) is 5.02 Å². The molecule has 0 radical (unpaired) electrons. The van der Waals surface area contributed by atoms with Crippen molar-refractivity contribution in [3.63, 3.8) is 0 Å². The van der Waals surface area contributed by atoms with Crippen molar-refractivity contribution in [3.8, 4) is 0 Å². The SMILES string of the molecule is O=C(c1ccccc1I)N1CCN(Cc2ccc(F)cc2Cl)CC1. The monoisotopic (exact) mass is 458 g/mol. The van der Waals surface area contributed by atoms with Crippen molar-refractivity contribution in [3.05, 3.63) is 68.0 Å². The lowest BCUT2D eigenvalue weighted by Gasteiger charge is -2.35. The lowest BCUT2D eigenvalue weighted by molar-refractivity contribution is 0.0627. The number of benzene rings is 2. The third-order valence-electron chi connectivity index (χ3n) is 4.17. The molecule has 1 amide bonds. The molecule has 0 N–H and O–H groups in total. The highest BCUT2D eigenvalue weighted by Gasteiger charge is 2.23. The first-order valence-corrected chi connectivity index (χ1v) is 9.20. The summed E-state index contributed by atoms with van der Waals surface area (Å²) >= 11 is 8.29. The molecule has 2 aromatic carbocycles. The van der Waals surface area contributed by atoms with Gasteiger partial charge in [0.1, 0.15) is 5.82 Å². The van der Waals surface area contributed by atoms with Crippen molar-refractivity contribution in [1.29, 1.82) is 0 Å². The summed E-state index contributed by atoms with van der Waals surface area (Å²) in [5.74, 6) is -0.240. The second-order valence-electron chi connectivity index (χ2n) is 5.78. The van der Waals surface area contributed by atoms with E-state index in [0.717, 1.165) is 27.8 Å². The molecule has 24 heavy (non-hydrogen) atoms. The number of halogens is 3. The Morgan fingerprint density at radius 2 is 1.83 bits per heavy atom. The average Bonchev–Trinajstić information content (AvgIpc) is 2.58. The van der Waals surface area contributed by atoms with Gasteiger partial charge in [0.25, 0.3) is 5.91 Å². The van der Waals surface area contributed by atoms with Crippen LogP contribution in [0.5, 0.6) is 0 Å². The molecule has 3 nitrogen and oxygen atoms in total. The molecular weight excluding hydrogens is 442 g/mol. The van der Waals surface area contributed by atoms with Gasteiger partial charge < -0.3 is 4.90 Å². The molecule has 0 saturated carbocycles. The molecule has 3 rings (SSSR count). The molecule has 1 saturated heterocycles. The van der Waals surface area contributed by atoms with E-state index in [1.165, 1.54) is 12.1 Å². The lowest BCUT2D eigenvalue weighted by Crippen LogP contribution is -2.48. The van der Waals surface area contributed by atoms with Crippen molar-refractivity contribution in [2.75, 3.05) is 26.2 Å². The van der Waals surface area contributed by atoms with Gasteiger partial charge in [0.15, 0.2) is 0 Å². The highest BCUT2D eigenvalue weighted by Crippen LogP contribution is 2.20.